The minimum Gasteiger partial charge on any atom is -0.453 e. The fourth-order valence-corrected chi connectivity index (χ4v) is 10.1. The number of nitrogens with one attached hydrogen (secondary N) is 1. The van der Waals surface area contributed by atoms with Gasteiger partial charge in [0.1, 0.15) is 27.7 Å². The summed E-state index contributed by atoms with van der Waals surface area (Å²) in [5.74, 6) is 13.2. The second-order valence-electron chi connectivity index (χ2n) is 15.9. The number of aliphatic imine (C=N–C) groups is 1. The van der Waals surface area contributed by atoms with Gasteiger partial charge in [-0.1, -0.05) is 41.5 Å². The Kier molecular flexibility index (Phi) is 12.2. The Morgan fingerprint density at radius 1 is 0.821 bits per heavy atom. The van der Waals surface area contributed by atoms with Gasteiger partial charge < -0.3 is 24.3 Å². The highest BCUT2D eigenvalue weighted by Crippen LogP contribution is 2.40. The summed E-state index contributed by atoms with van der Waals surface area (Å²) in [6.45, 7) is 13.2. The number of hydrogen-bond acceptors (Lipinski definition) is 10. The molecule has 0 spiro atoms. The van der Waals surface area contributed by atoms with Crippen LogP contribution in [0.25, 0.3) is 10.3 Å². The number of likely N-dealkylation sites (tertiary alicyclic amines) is 2. The van der Waals surface area contributed by atoms with Gasteiger partial charge in [-0.15, -0.1) is 22.7 Å². The van der Waals surface area contributed by atoms with Crippen molar-refractivity contribution in [3.8, 4) is 23.7 Å². The monoisotopic (exact) mass is 801 g/mol. The minimum absolute atomic E-state index is 0.0759. The molecule has 13 nitrogen and oxygen atoms in total. The van der Waals surface area contributed by atoms with E-state index in [2.05, 4.69) is 48.6 Å². The minimum atomic E-state index is -0.648. The van der Waals surface area contributed by atoms with E-state index >= 15 is 0 Å². The van der Waals surface area contributed by atoms with Crippen LogP contribution < -0.4 is 0 Å². The van der Waals surface area contributed by atoms with E-state index in [1.165, 1.54) is 46.7 Å². The van der Waals surface area contributed by atoms with Gasteiger partial charge >= 0.3 is 12.2 Å². The number of H-pyrrole nitrogens is 1. The number of methoxy groups -OCH3 is 2. The van der Waals surface area contributed by atoms with Gasteiger partial charge in [0.25, 0.3) is 0 Å². The molecule has 3 aromatic heterocycles. The lowest BCUT2D eigenvalue weighted by Gasteiger charge is -2.35. The number of thiophene rings is 2. The molecule has 0 bridgehead atoms. The molecule has 3 aliphatic heterocycles. The number of likely N-dealkylation sites (N-methyl/N-ethyl adjacent to an activating group) is 2. The van der Waals surface area contributed by atoms with Gasteiger partial charge in [-0.3, -0.25) is 19.4 Å². The largest absolute Gasteiger partial charge is 0.453 e. The lowest BCUT2D eigenvalue weighted by molar-refractivity contribution is -0.139. The number of aromatic nitrogens is 2. The molecule has 3 aromatic rings. The van der Waals surface area contributed by atoms with Gasteiger partial charge in [-0.25, -0.2) is 19.6 Å². The lowest BCUT2D eigenvalue weighted by Crippen LogP contribution is -2.54. The molecule has 0 saturated carbocycles. The molecule has 0 aliphatic carbocycles. The standard InChI is InChI=1S/C41H51N7O6S2/c1-22(2)33(45(7)40(51)53-9)38(49)47-20-24(5)15-31(47)29-18-26-17-27(55-36(26)43-29)13-11-12-14-28-19-30-37(56-28)44-35(42-30)32-16-25(6)21-48(32)39(50)34(23(3)4)46(8)41(52)54-10/h17,19,22-25,31-34H,15-16,18,20-21H2,1-10H3,(H,42,44)/t24-,25-,31-,32-,33-,34-/m0/s1. The quantitative estimate of drug-likeness (QED) is 0.264. The molecule has 6 heterocycles. The molecule has 2 fully saturated rings. The van der Waals surface area contributed by atoms with Crippen LogP contribution in [0.15, 0.2) is 17.1 Å². The summed E-state index contributed by atoms with van der Waals surface area (Å²) < 4.78 is 9.83. The zero-order valence-corrected chi connectivity index (χ0v) is 35.4. The van der Waals surface area contributed by atoms with Gasteiger partial charge in [0.05, 0.1) is 41.6 Å². The first-order valence-corrected chi connectivity index (χ1v) is 20.7. The molecular weight excluding hydrogens is 751 g/mol. The van der Waals surface area contributed by atoms with E-state index in [4.69, 9.17) is 19.5 Å². The van der Waals surface area contributed by atoms with E-state index in [9.17, 15) is 19.2 Å². The molecule has 56 heavy (non-hydrogen) atoms. The number of nitrogens with zero attached hydrogens (tertiary/aromatic N) is 6. The molecule has 0 aromatic carbocycles. The van der Waals surface area contributed by atoms with Crippen molar-refractivity contribution in [2.45, 2.75) is 85.0 Å². The summed E-state index contributed by atoms with van der Waals surface area (Å²) in [6.07, 6.45) is 1.19. The molecule has 298 valence electrons. The van der Waals surface area contributed by atoms with Gasteiger partial charge in [-0.2, -0.15) is 0 Å². The topological polar surface area (TPSA) is 141 Å². The van der Waals surface area contributed by atoms with Crippen LogP contribution in [-0.4, -0.2) is 119 Å². The summed E-state index contributed by atoms with van der Waals surface area (Å²) in [6, 6.07) is 2.41. The Hall–Kier alpha value is -4.86. The number of amides is 4. The molecule has 0 unspecified atom stereocenters. The van der Waals surface area contributed by atoms with Crippen molar-refractivity contribution in [2.75, 3.05) is 41.4 Å². The molecule has 6 rings (SSSR count). The number of imidazole rings is 1. The van der Waals surface area contributed by atoms with Crippen molar-refractivity contribution in [1.82, 2.24) is 29.6 Å². The van der Waals surface area contributed by atoms with Gasteiger partial charge in [0, 0.05) is 39.3 Å². The SMILES string of the molecule is COC(=O)N(C)[C@H](C(=O)N1C[C@@H](C)C[C@H]1C1=Nc2sc(C#CC#Cc3cc4[nH]c([C@@H]5C[C@H](C)CN5C(=O)[C@H](C(C)C)N(C)C(=O)OC)nc4s3)cc2C1)C(C)C. The van der Waals surface area contributed by atoms with Crippen LogP contribution in [-0.2, 0) is 25.5 Å². The Morgan fingerprint density at radius 3 is 1.84 bits per heavy atom. The Labute approximate surface area is 336 Å². The number of aromatic amines is 1. The highest BCUT2D eigenvalue weighted by atomic mass is 32.1. The number of hydrogen-bond donors (Lipinski definition) is 1. The van der Waals surface area contributed by atoms with Crippen molar-refractivity contribution in [1.29, 1.82) is 0 Å². The van der Waals surface area contributed by atoms with Gasteiger partial charge in [0.15, 0.2) is 0 Å². The van der Waals surface area contributed by atoms with Gasteiger partial charge in [-0.05, 0) is 77.9 Å². The highest BCUT2D eigenvalue weighted by molar-refractivity contribution is 7.19. The van der Waals surface area contributed by atoms with Crippen LogP contribution >= 0.6 is 22.7 Å². The van der Waals surface area contributed by atoms with Crippen molar-refractivity contribution < 1.29 is 28.7 Å². The van der Waals surface area contributed by atoms with Gasteiger partial charge in [0.2, 0.25) is 11.8 Å². The van der Waals surface area contributed by atoms with Crippen LogP contribution in [0.2, 0.25) is 0 Å². The van der Waals surface area contributed by atoms with Crippen molar-refractivity contribution in [3.05, 3.63) is 33.3 Å². The fraction of sp³-hybridized carbons (Fsp3) is 0.561. The third-order valence-electron chi connectivity index (χ3n) is 10.9. The maximum absolute atomic E-state index is 13.9. The van der Waals surface area contributed by atoms with Crippen molar-refractivity contribution >= 4 is 67.7 Å². The number of ether oxygens (including phenoxy) is 2. The first-order valence-electron chi connectivity index (χ1n) is 19.1. The maximum Gasteiger partial charge on any atom is 0.409 e. The average Bonchev–Trinajstić information content (AvgIpc) is 3.99. The maximum atomic E-state index is 13.9. The predicted molar refractivity (Wildman–Crippen MR) is 218 cm³/mol. The van der Waals surface area contributed by atoms with Crippen LogP contribution in [0.1, 0.15) is 81.6 Å². The molecule has 6 atom stereocenters. The predicted octanol–water partition coefficient (Wildman–Crippen LogP) is 6.31. The van der Waals surface area contributed by atoms with E-state index in [-0.39, 0.29) is 41.7 Å². The Balaban J connectivity index is 1.12. The Bertz CT molecular complexity index is 2130. The molecule has 1 N–H and O–H groups in total. The molecule has 2 saturated heterocycles. The third kappa shape index (κ3) is 8.16. The fourth-order valence-electron chi connectivity index (χ4n) is 8.30. The van der Waals surface area contributed by atoms with Crippen LogP contribution in [0.4, 0.5) is 14.6 Å². The number of rotatable bonds is 8. The summed E-state index contributed by atoms with van der Waals surface area (Å²) >= 11 is 3.00. The first-order chi connectivity index (χ1) is 26.6. The summed E-state index contributed by atoms with van der Waals surface area (Å²) in [7, 11) is 5.86. The third-order valence-corrected chi connectivity index (χ3v) is 12.8. The summed E-state index contributed by atoms with van der Waals surface area (Å²) in [5.41, 5.74) is 2.93. The molecular formula is C41H51N7O6S2. The lowest BCUT2D eigenvalue weighted by atomic mass is 9.98. The zero-order valence-electron chi connectivity index (χ0n) is 33.8. The van der Waals surface area contributed by atoms with E-state index in [0.29, 0.717) is 25.4 Å². The second kappa shape index (κ2) is 16.7. The summed E-state index contributed by atoms with van der Waals surface area (Å²) in [5, 5.41) is 0.915. The molecule has 15 heteroatoms. The van der Waals surface area contributed by atoms with Crippen molar-refractivity contribution in [2.24, 2.45) is 28.7 Å². The molecule has 3 aliphatic rings. The highest BCUT2D eigenvalue weighted by Gasteiger charge is 2.44. The smallest absolute Gasteiger partial charge is 0.409 e. The van der Waals surface area contributed by atoms with Crippen LogP contribution in [0.3, 0.4) is 0 Å². The van der Waals surface area contributed by atoms with E-state index in [1.54, 1.807) is 14.1 Å². The first kappa shape index (κ1) is 40.8. The van der Waals surface area contributed by atoms with E-state index in [1.807, 2.05) is 43.6 Å². The number of carbonyl (C=O) groups is 4. The zero-order chi connectivity index (χ0) is 40.6. The van der Waals surface area contributed by atoms with Crippen LogP contribution in [0, 0.1) is 47.4 Å². The second-order valence-corrected chi connectivity index (χ2v) is 18.0. The molecule has 0 radical (unpaired) electrons. The Morgan fingerprint density at radius 2 is 1.34 bits per heavy atom. The van der Waals surface area contributed by atoms with Crippen LogP contribution in [0.5, 0.6) is 0 Å². The van der Waals surface area contributed by atoms with E-state index < -0.39 is 24.3 Å². The number of fused-ring (bicyclic) bond motifs is 2. The van der Waals surface area contributed by atoms with Crippen molar-refractivity contribution in [3.63, 3.8) is 0 Å². The summed E-state index contributed by atoms with van der Waals surface area (Å²) in [4.78, 5) is 74.7. The average molecular weight is 802 g/mol. The number of carbonyl (C=O) groups excluding carboxylic acids is 4. The normalized spacial score (nSPS) is 21.2. The molecule has 4 amide bonds. The van der Waals surface area contributed by atoms with E-state index in [0.717, 1.165) is 55.0 Å².